The number of hydrogen-bond donors (Lipinski definition) is 1. The monoisotopic (exact) mass is 242 g/mol. The molecule has 0 bridgehead atoms. The first kappa shape index (κ1) is 12.7. The molecule has 2 nitrogen and oxygen atoms in total. The molecule has 1 aliphatic heterocycles. The van der Waals surface area contributed by atoms with Gasteiger partial charge in [0.25, 0.3) is 0 Å². The van der Waals surface area contributed by atoms with Gasteiger partial charge in [0.15, 0.2) is 0 Å². The molecule has 1 saturated heterocycles. The Morgan fingerprint density at radius 1 is 1.31 bits per heavy atom. The van der Waals surface area contributed by atoms with Crippen LogP contribution in [0, 0.1) is 5.92 Å². The van der Waals surface area contributed by atoms with Crippen LogP contribution in [-0.2, 0) is 0 Å². The zero-order chi connectivity index (χ0) is 11.5. The minimum atomic E-state index is 0.763. The lowest BCUT2D eigenvalue weighted by molar-refractivity contribution is 0.0795. The SMILES string of the molecule is CSC1CCC(N2CCNCC2C(C)C)C1. The van der Waals surface area contributed by atoms with Crippen LogP contribution >= 0.6 is 11.8 Å². The van der Waals surface area contributed by atoms with Crippen molar-refractivity contribution in [1.29, 1.82) is 0 Å². The van der Waals surface area contributed by atoms with Crippen molar-refractivity contribution in [3.63, 3.8) is 0 Å². The number of hydrogen-bond acceptors (Lipinski definition) is 3. The van der Waals surface area contributed by atoms with Gasteiger partial charge in [-0.3, -0.25) is 4.90 Å². The van der Waals surface area contributed by atoms with Crippen molar-refractivity contribution in [3.8, 4) is 0 Å². The third kappa shape index (κ3) is 2.74. The zero-order valence-corrected chi connectivity index (χ0v) is 11.7. The zero-order valence-electron chi connectivity index (χ0n) is 10.9. The van der Waals surface area contributed by atoms with Crippen molar-refractivity contribution in [2.24, 2.45) is 5.92 Å². The number of thioether (sulfide) groups is 1. The first-order valence-corrected chi connectivity index (χ1v) is 8.00. The van der Waals surface area contributed by atoms with Gasteiger partial charge in [-0.2, -0.15) is 11.8 Å². The molecule has 3 unspecified atom stereocenters. The van der Waals surface area contributed by atoms with E-state index in [0.29, 0.717) is 0 Å². The molecule has 0 spiro atoms. The van der Waals surface area contributed by atoms with Crippen molar-refractivity contribution in [2.45, 2.75) is 50.4 Å². The third-order valence-electron chi connectivity index (χ3n) is 4.25. The molecule has 0 radical (unpaired) electrons. The van der Waals surface area contributed by atoms with Crippen LogP contribution < -0.4 is 5.32 Å². The van der Waals surface area contributed by atoms with Gasteiger partial charge in [0, 0.05) is 37.0 Å². The van der Waals surface area contributed by atoms with Crippen LogP contribution in [0.2, 0.25) is 0 Å². The predicted molar refractivity (Wildman–Crippen MR) is 73.1 cm³/mol. The normalized spacial score (nSPS) is 37.1. The molecule has 1 heterocycles. The molecule has 1 aliphatic carbocycles. The molecule has 0 amide bonds. The van der Waals surface area contributed by atoms with E-state index in [0.717, 1.165) is 23.3 Å². The van der Waals surface area contributed by atoms with Crippen LogP contribution in [0.1, 0.15) is 33.1 Å². The fourth-order valence-electron chi connectivity index (χ4n) is 3.25. The third-order valence-corrected chi connectivity index (χ3v) is 5.35. The van der Waals surface area contributed by atoms with Crippen molar-refractivity contribution >= 4 is 11.8 Å². The standard InChI is InChI=1S/C13H26N2S/c1-10(2)13-9-14-6-7-15(13)11-4-5-12(8-11)16-3/h10-14H,4-9H2,1-3H3. The summed E-state index contributed by atoms with van der Waals surface area (Å²) in [6, 6.07) is 1.63. The van der Waals surface area contributed by atoms with E-state index >= 15 is 0 Å². The highest BCUT2D eigenvalue weighted by molar-refractivity contribution is 7.99. The quantitative estimate of drug-likeness (QED) is 0.817. The van der Waals surface area contributed by atoms with Gasteiger partial charge in [-0.05, 0) is 31.4 Å². The summed E-state index contributed by atoms with van der Waals surface area (Å²) < 4.78 is 0. The molecule has 1 N–H and O–H groups in total. The topological polar surface area (TPSA) is 15.3 Å². The molecule has 3 heteroatoms. The first-order chi connectivity index (χ1) is 7.72. The Morgan fingerprint density at radius 3 is 2.75 bits per heavy atom. The van der Waals surface area contributed by atoms with E-state index in [9.17, 15) is 0 Å². The molecule has 0 aromatic rings. The maximum Gasteiger partial charge on any atom is 0.0247 e. The van der Waals surface area contributed by atoms with Crippen molar-refractivity contribution in [1.82, 2.24) is 10.2 Å². The Morgan fingerprint density at radius 2 is 2.12 bits per heavy atom. The van der Waals surface area contributed by atoms with Crippen LogP contribution in [0.15, 0.2) is 0 Å². The lowest BCUT2D eigenvalue weighted by Crippen LogP contribution is -2.56. The molecule has 2 aliphatic rings. The molecule has 2 fully saturated rings. The van der Waals surface area contributed by atoms with Crippen LogP contribution in [0.5, 0.6) is 0 Å². The largest absolute Gasteiger partial charge is 0.314 e. The van der Waals surface area contributed by atoms with Crippen LogP contribution in [0.25, 0.3) is 0 Å². The van der Waals surface area contributed by atoms with Crippen molar-refractivity contribution in [3.05, 3.63) is 0 Å². The van der Waals surface area contributed by atoms with Gasteiger partial charge in [0.2, 0.25) is 0 Å². The smallest absolute Gasteiger partial charge is 0.0247 e. The summed E-state index contributed by atoms with van der Waals surface area (Å²) in [5.74, 6) is 0.779. The van der Waals surface area contributed by atoms with Gasteiger partial charge < -0.3 is 5.32 Å². The minimum Gasteiger partial charge on any atom is -0.314 e. The van der Waals surface area contributed by atoms with Gasteiger partial charge in [-0.15, -0.1) is 0 Å². The molecule has 0 aromatic heterocycles. The van der Waals surface area contributed by atoms with E-state index in [1.54, 1.807) is 0 Å². The van der Waals surface area contributed by atoms with Gasteiger partial charge in [-0.1, -0.05) is 13.8 Å². The molecular formula is C13H26N2S. The molecule has 2 rings (SSSR count). The fourth-order valence-corrected chi connectivity index (χ4v) is 4.03. The second-order valence-electron chi connectivity index (χ2n) is 5.58. The molecule has 1 saturated carbocycles. The molecule has 16 heavy (non-hydrogen) atoms. The second-order valence-corrected chi connectivity index (χ2v) is 6.72. The van der Waals surface area contributed by atoms with Crippen LogP contribution in [0.3, 0.4) is 0 Å². The van der Waals surface area contributed by atoms with Gasteiger partial charge >= 0.3 is 0 Å². The van der Waals surface area contributed by atoms with E-state index in [-0.39, 0.29) is 0 Å². The second kappa shape index (κ2) is 5.74. The average molecular weight is 242 g/mol. The Labute approximate surface area is 105 Å². The maximum atomic E-state index is 3.55. The van der Waals surface area contributed by atoms with Crippen LogP contribution in [-0.4, -0.2) is 48.1 Å². The molecular weight excluding hydrogens is 216 g/mol. The lowest BCUT2D eigenvalue weighted by Gasteiger charge is -2.42. The highest BCUT2D eigenvalue weighted by atomic mass is 32.2. The van der Waals surface area contributed by atoms with Gasteiger partial charge in [0.1, 0.15) is 0 Å². The Balaban J connectivity index is 1.95. The summed E-state index contributed by atoms with van der Waals surface area (Å²) in [4.78, 5) is 2.80. The Hall–Kier alpha value is 0.270. The van der Waals surface area contributed by atoms with Crippen molar-refractivity contribution in [2.75, 3.05) is 25.9 Å². The Kier molecular flexibility index (Phi) is 4.57. The highest BCUT2D eigenvalue weighted by Gasteiger charge is 2.34. The number of nitrogens with one attached hydrogen (secondary N) is 1. The lowest BCUT2D eigenvalue weighted by atomic mass is 9.98. The summed E-state index contributed by atoms with van der Waals surface area (Å²) in [6.07, 6.45) is 6.55. The van der Waals surface area contributed by atoms with Crippen molar-refractivity contribution < 1.29 is 0 Å². The van der Waals surface area contributed by atoms with E-state index in [1.165, 1.54) is 38.9 Å². The summed E-state index contributed by atoms with van der Waals surface area (Å²) >= 11 is 2.07. The van der Waals surface area contributed by atoms with Crippen LogP contribution in [0.4, 0.5) is 0 Å². The predicted octanol–water partition coefficient (Wildman–Crippen LogP) is 2.20. The first-order valence-electron chi connectivity index (χ1n) is 6.71. The minimum absolute atomic E-state index is 0.763. The van der Waals surface area contributed by atoms with E-state index in [4.69, 9.17) is 0 Å². The summed E-state index contributed by atoms with van der Waals surface area (Å²) in [7, 11) is 0. The van der Waals surface area contributed by atoms with Gasteiger partial charge in [-0.25, -0.2) is 0 Å². The maximum absolute atomic E-state index is 3.55. The highest BCUT2D eigenvalue weighted by Crippen LogP contribution is 2.33. The number of nitrogens with zero attached hydrogens (tertiary/aromatic N) is 1. The Bertz CT molecular complexity index is 220. The summed E-state index contributed by atoms with van der Waals surface area (Å²) in [5.41, 5.74) is 0. The summed E-state index contributed by atoms with van der Waals surface area (Å²) in [6.45, 7) is 8.37. The number of rotatable bonds is 3. The van der Waals surface area contributed by atoms with E-state index in [1.807, 2.05) is 0 Å². The average Bonchev–Trinajstić information content (AvgIpc) is 2.77. The number of piperazine rings is 1. The van der Waals surface area contributed by atoms with E-state index < -0.39 is 0 Å². The molecule has 3 atom stereocenters. The van der Waals surface area contributed by atoms with E-state index in [2.05, 4.69) is 42.1 Å². The fraction of sp³-hybridized carbons (Fsp3) is 1.00. The molecule has 94 valence electrons. The summed E-state index contributed by atoms with van der Waals surface area (Å²) in [5, 5.41) is 4.47. The van der Waals surface area contributed by atoms with Gasteiger partial charge in [0.05, 0.1) is 0 Å². The molecule has 0 aromatic carbocycles.